The number of halogens is 1. The Morgan fingerprint density at radius 3 is 2.50 bits per heavy atom. The maximum Gasteiger partial charge on any atom is 0.191 e. The topological polar surface area (TPSA) is 42.9 Å². The quantitative estimate of drug-likeness (QED) is 0.302. The smallest absolute Gasteiger partial charge is 0.191 e. The number of aliphatic imine (C=N–C) groups is 1. The number of hydrogen-bond acceptors (Lipinski definition) is 3. The van der Waals surface area contributed by atoms with Crippen LogP contribution in [0, 0.1) is 0 Å². The first-order valence-electron chi connectivity index (χ1n) is 8.80. The van der Waals surface area contributed by atoms with E-state index in [1.165, 1.54) is 38.3 Å². The van der Waals surface area contributed by atoms with Gasteiger partial charge in [0.05, 0.1) is 0 Å². The van der Waals surface area contributed by atoms with E-state index in [4.69, 9.17) is 0 Å². The highest BCUT2D eigenvalue weighted by atomic mass is 127. The van der Waals surface area contributed by atoms with Crippen LogP contribution in [0.25, 0.3) is 0 Å². The molecule has 0 radical (unpaired) electrons. The van der Waals surface area contributed by atoms with Crippen LogP contribution in [0.3, 0.4) is 0 Å². The second kappa shape index (κ2) is 10.2. The van der Waals surface area contributed by atoms with Crippen molar-refractivity contribution >= 4 is 29.9 Å². The van der Waals surface area contributed by atoms with Crippen LogP contribution in [0.1, 0.15) is 12.0 Å². The number of fused-ring (bicyclic) bond motifs is 3. The van der Waals surface area contributed by atoms with Gasteiger partial charge in [0.1, 0.15) is 0 Å². The minimum Gasteiger partial charge on any atom is -0.356 e. The number of guanidine groups is 1. The van der Waals surface area contributed by atoms with Gasteiger partial charge >= 0.3 is 0 Å². The van der Waals surface area contributed by atoms with Crippen LogP contribution >= 0.6 is 24.0 Å². The zero-order chi connectivity index (χ0) is 15.9. The Labute approximate surface area is 162 Å². The van der Waals surface area contributed by atoms with E-state index < -0.39 is 0 Å². The largest absolute Gasteiger partial charge is 0.356 e. The van der Waals surface area contributed by atoms with E-state index in [2.05, 4.69) is 55.8 Å². The summed E-state index contributed by atoms with van der Waals surface area (Å²) < 4.78 is 0. The van der Waals surface area contributed by atoms with Crippen molar-refractivity contribution in [1.29, 1.82) is 0 Å². The van der Waals surface area contributed by atoms with Crippen LogP contribution in [-0.2, 0) is 6.42 Å². The number of rotatable bonds is 6. The molecule has 6 heteroatoms. The second-order valence-corrected chi connectivity index (χ2v) is 6.46. The van der Waals surface area contributed by atoms with Gasteiger partial charge in [-0.15, -0.1) is 24.0 Å². The van der Waals surface area contributed by atoms with Crippen LogP contribution in [0.15, 0.2) is 35.3 Å². The van der Waals surface area contributed by atoms with Gasteiger partial charge in [0.25, 0.3) is 0 Å². The number of hydrogen-bond donors (Lipinski definition) is 2. The van der Waals surface area contributed by atoms with Crippen LogP contribution in [0.5, 0.6) is 0 Å². The van der Waals surface area contributed by atoms with Crippen molar-refractivity contribution in [2.24, 2.45) is 4.99 Å². The molecule has 3 heterocycles. The molecule has 1 aromatic carbocycles. The van der Waals surface area contributed by atoms with Crippen molar-refractivity contribution < 1.29 is 0 Å². The molecule has 0 amide bonds. The second-order valence-electron chi connectivity index (χ2n) is 6.46. The predicted molar refractivity (Wildman–Crippen MR) is 111 cm³/mol. The lowest BCUT2D eigenvalue weighted by atomic mass is 10.1. The molecule has 0 saturated carbocycles. The van der Waals surface area contributed by atoms with Gasteiger partial charge in [-0.3, -0.25) is 14.8 Å². The molecule has 134 valence electrons. The van der Waals surface area contributed by atoms with E-state index in [-0.39, 0.29) is 24.0 Å². The molecular weight excluding hydrogens is 413 g/mol. The maximum absolute atomic E-state index is 4.34. The fourth-order valence-corrected chi connectivity index (χ4v) is 3.50. The van der Waals surface area contributed by atoms with E-state index in [0.29, 0.717) is 6.04 Å². The van der Waals surface area contributed by atoms with Gasteiger partial charge in [-0.25, -0.2) is 0 Å². The summed E-state index contributed by atoms with van der Waals surface area (Å²) in [6.45, 7) is 8.04. The molecule has 3 fully saturated rings. The van der Waals surface area contributed by atoms with E-state index >= 15 is 0 Å². The molecule has 3 aliphatic heterocycles. The van der Waals surface area contributed by atoms with Crippen molar-refractivity contribution in [3.8, 4) is 0 Å². The molecule has 1 aromatic rings. The van der Waals surface area contributed by atoms with Crippen molar-refractivity contribution in [2.75, 3.05) is 52.9 Å². The Morgan fingerprint density at radius 2 is 1.88 bits per heavy atom. The molecule has 1 unspecified atom stereocenters. The molecule has 0 spiro atoms. The van der Waals surface area contributed by atoms with Gasteiger partial charge in [-0.1, -0.05) is 30.3 Å². The monoisotopic (exact) mass is 443 g/mol. The Hall–Kier alpha value is -0.860. The molecule has 5 nitrogen and oxygen atoms in total. The SMILES string of the molecule is CN=C(NCCCc1ccccc1)NCC1CN2CCN1CC2.I. The highest BCUT2D eigenvalue weighted by Gasteiger charge is 2.31. The van der Waals surface area contributed by atoms with Gasteiger partial charge in [0.2, 0.25) is 0 Å². The molecule has 0 aliphatic carbocycles. The average Bonchev–Trinajstić information content (AvgIpc) is 2.63. The third kappa shape index (κ3) is 5.60. The van der Waals surface area contributed by atoms with Crippen LogP contribution in [-0.4, -0.2) is 74.7 Å². The molecule has 3 aliphatic rings. The van der Waals surface area contributed by atoms with Crippen LogP contribution < -0.4 is 10.6 Å². The minimum atomic E-state index is 0. The van der Waals surface area contributed by atoms with E-state index in [9.17, 15) is 0 Å². The molecule has 24 heavy (non-hydrogen) atoms. The Bertz CT molecular complexity index is 499. The Kier molecular flexibility index (Phi) is 8.28. The molecule has 4 rings (SSSR count). The third-order valence-electron chi connectivity index (χ3n) is 4.90. The molecule has 1 atom stereocenters. The number of aryl methyl sites for hydroxylation is 1. The lowest BCUT2D eigenvalue weighted by molar-refractivity contribution is 0.0154. The number of benzene rings is 1. The maximum atomic E-state index is 4.34. The molecule has 3 saturated heterocycles. The van der Waals surface area contributed by atoms with Gasteiger partial charge in [0.15, 0.2) is 5.96 Å². The summed E-state index contributed by atoms with van der Waals surface area (Å²) in [4.78, 5) is 9.52. The molecular formula is C18H30IN5. The van der Waals surface area contributed by atoms with Crippen LogP contribution in [0.2, 0.25) is 0 Å². The Balaban J connectivity index is 0.00000208. The summed E-state index contributed by atoms with van der Waals surface area (Å²) in [7, 11) is 1.85. The fraction of sp³-hybridized carbons (Fsp3) is 0.611. The standard InChI is InChI=1S/C18H29N5.HI/c1-19-18(20-9-5-8-16-6-3-2-4-7-16)21-14-17-15-22-10-12-23(17)13-11-22;/h2-4,6-7,17H,5,8-15H2,1H3,(H2,19,20,21);1H. The summed E-state index contributed by atoms with van der Waals surface area (Å²) >= 11 is 0. The Morgan fingerprint density at radius 1 is 1.12 bits per heavy atom. The number of piperazine rings is 3. The van der Waals surface area contributed by atoms with Gasteiger partial charge in [-0.05, 0) is 18.4 Å². The van der Waals surface area contributed by atoms with Crippen LogP contribution in [0.4, 0.5) is 0 Å². The van der Waals surface area contributed by atoms with E-state index in [1.807, 2.05) is 7.05 Å². The summed E-state index contributed by atoms with van der Waals surface area (Å²) in [5.41, 5.74) is 1.40. The summed E-state index contributed by atoms with van der Waals surface area (Å²) in [6.07, 6.45) is 2.23. The molecule has 2 bridgehead atoms. The normalized spacial score (nSPS) is 25.9. The van der Waals surface area contributed by atoms with Crippen molar-refractivity contribution in [2.45, 2.75) is 18.9 Å². The van der Waals surface area contributed by atoms with Crippen molar-refractivity contribution in [3.63, 3.8) is 0 Å². The molecule has 0 aromatic heterocycles. The van der Waals surface area contributed by atoms with Gasteiger partial charge in [-0.2, -0.15) is 0 Å². The highest BCUT2D eigenvalue weighted by molar-refractivity contribution is 14.0. The van der Waals surface area contributed by atoms with Gasteiger partial charge in [0, 0.05) is 58.9 Å². The predicted octanol–water partition coefficient (Wildman–Crippen LogP) is 1.40. The molecule has 2 N–H and O–H groups in total. The highest BCUT2D eigenvalue weighted by Crippen LogP contribution is 2.14. The first-order valence-corrected chi connectivity index (χ1v) is 8.80. The lowest BCUT2D eigenvalue weighted by Gasteiger charge is -2.47. The zero-order valence-electron chi connectivity index (χ0n) is 14.6. The number of nitrogens with one attached hydrogen (secondary N) is 2. The van der Waals surface area contributed by atoms with E-state index in [0.717, 1.165) is 31.9 Å². The van der Waals surface area contributed by atoms with Crippen molar-refractivity contribution in [1.82, 2.24) is 20.4 Å². The fourth-order valence-electron chi connectivity index (χ4n) is 3.50. The van der Waals surface area contributed by atoms with E-state index in [1.54, 1.807) is 0 Å². The van der Waals surface area contributed by atoms with Crippen molar-refractivity contribution in [3.05, 3.63) is 35.9 Å². The average molecular weight is 443 g/mol. The summed E-state index contributed by atoms with van der Waals surface area (Å²) in [5, 5.41) is 6.92. The summed E-state index contributed by atoms with van der Waals surface area (Å²) in [6, 6.07) is 11.3. The number of nitrogens with zero attached hydrogens (tertiary/aromatic N) is 3. The first-order chi connectivity index (χ1) is 11.3. The minimum absolute atomic E-state index is 0. The zero-order valence-corrected chi connectivity index (χ0v) is 16.9. The first kappa shape index (κ1) is 19.5. The lowest BCUT2D eigenvalue weighted by Crippen LogP contribution is -2.63. The third-order valence-corrected chi connectivity index (χ3v) is 4.90. The van der Waals surface area contributed by atoms with Gasteiger partial charge < -0.3 is 10.6 Å². The summed E-state index contributed by atoms with van der Waals surface area (Å²) in [5.74, 6) is 0.927.